The molecule has 5 heteroatoms. The Morgan fingerprint density at radius 1 is 1.47 bits per heavy atom. The van der Waals surface area contributed by atoms with Crippen molar-refractivity contribution in [1.82, 2.24) is 4.98 Å². The molecule has 1 aromatic rings. The Balaban J connectivity index is 2.48. The maximum atomic E-state index is 11.7. The normalized spacial score (nSPS) is 10.9. The van der Waals surface area contributed by atoms with Gasteiger partial charge in [0.15, 0.2) is 5.78 Å². The fourth-order valence-corrected chi connectivity index (χ4v) is 1.74. The fraction of sp³-hybridized carbons (Fsp3) is 0.600. The Morgan fingerprint density at radius 3 is 2.60 bits per heavy atom. The Kier molecular flexibility index (Phi) is 5.45. The molecule has 15 heavy (non-hydrogen) atoms. The van der Waals surface area contributed by atoms with Gasteiger partial charge in [0.2, 0.25) is 6.29 Å². The third-order valence-corrected chi connectivity index (χ3v) is 2.49. The van der Waals surface area contributed by atoms with Gasteiger partial charge in [-0.3, -0.25) is 4.79 Å². The van der Waals surface area contributed by atoms with Crippen LogP contribution in [0.5, 0.6) is 0 Å². The number of carbonyl (C=O) groups excluding carboxylic acids is 1. The largest absolute Gasteiger partial charge is 0.346 e. The third-order valence-electron chi connectivity index (χ3n) is 1.71. The summed E-state index contributed by atoms with van der Waals surface area (Å²) in [7, 11) is 0. The molecule has 0 atom stereocenters. The van der Waals surface area contributed by atoms with Crippen LogP contribution in [0.25, 0.3) is 0 Å². The quantitative estimate of drug-likeness (QED) is 0.667. The lowest BCUT2D eigenvalue weighted by Gasteiger charge is -2.14. The maximum absolute atomic E-state index is 11.7. The number of nitrogens with zero attached hydrogens (tertiary/aromatic N) is 1. The van der Waals surface area contributed by atoms with Gasteiger partial charge in [-0.15, -0.1) is 11.3 Å². The van der Waals surface area contributed by atoms with E-state index < -0.39 is 6.29 Å². The van der Waals surface area contributed by atoms with Gasteiger partial charge in [-0.25, -0.2) is 4.98 Å². The number of Topliss-reactive ketones (excluding diaryl/α,β-unsaturated/α-hetero) is 1. The molecule has 0 spiro atoms. The summed E-state index contributed by atoms with van der Waals surface area (Å²) in [6, 6.07) is 0. The molecule has 0 radical (unpaired) electrons. The van der Waals surface area contributed by atoms with Crippen LogP contribution in [0.15, 0.2) is 11.6 Å². The van der Waals surface area contributed by atoms with E-state index >= 15 is 0 Å². The van der Waals surface area contributed by atoms with Gasteiger partial charge >= 0.3 is 0 Å². The molecule has 1 rings (SSSR count). The molecule has 0 unspecified atom stereocenters. The van der Waals surface area contributed by atoms with Crippen LogP contribution >= 0.6 is 11.3 Å². The van der Waals surface area contributed by atoms with Crippen molar-refractivity contribution in [2.75, 3.05) is 13.2 Å². The zero-order valence-corrected chi connectivity index (χ0v) is 9.75. The Hall–Kier alpha value is -0.780. The van der Waals surface area contributed by atoms with E-state index in [-0.39, 0.29) is 12.2 Å². The predicted octanol–water partition coefficient (Wildman–Crippen LogP) is 1.65. The second-order valence-corrected chi connectivity index (χ2v) is 3.79. The third kappa shape index (κ3) is 4.07. The van der Waals surface area contributed by atoms with Crippen LogP contribution in [0.1, 0.15) is 18.9 Å². The van der Waals surface area contributed by atoms with E-state index in [9.17, 15) is 4.79 Å². The van der Waals surface area contributed by atoms with Crippen molar-refractivity contribution in [3.63, 3.8) is 0 Å². The van der Waals surface area contributed by atoms with Crippen LogP contribution in [0.2, 0.25) is 0 Å². The number of hydrogen-bond donors (Lipinski definition) is 0. The summed E-state index contributed by atoms with van der Waals surface area (Å²) in [5, 5.41) is 2.64. The highest BCUT2D eigenvalue weighted by molar-refractivity contribution is 7.09. The van der Waals surface area contributed by atoms with Gasteiger partial charge < -0.3 is 9.47 Å². The SMILES string of the molecule is CCOC(OCC)C(=O)Cc1nccs1. The number of ketones is 1. The molecule has 4 nitrogen and oxygen atoms in total. The molecule has 0 saturated carbocycles. The number of rotatable bonds is 7. The van der Waals surface area contributed by atoms with Crippen molar-refractivity contribution in [3.8, 4) is 0 Å². The Labute approximate surface area is 93.2 Å². The second-order valence-electron chi connectivity index (χ2n) is 2.81. The molecule has 84 valence electrons. The van der Waals surface area contributed by atoms with Gasteiger partial charge in [0.25, 0.3) is 0 Å². The molecular weight excluding hydrogens is 214 g/mol. The molecule has 0 aliphatic rings. The first kappa shape index (κ1) is 12.3. The Morgan fingerprint density at radius 2 is 2.13 bits per heavy atom. The van der Waals surface area contributed by atoms with Gasteiger partial charge in [-0.1, -0.05) is 0 Å². The van der Waals surface area contributed by atoms with Crippen LogP contribution in [-0.2, 0) is 20.7 Å². The molecule has 0 saturated heterocycles. The lowest BCUT2D eigenvalue weighted by Crippen LogP contribution is -2.29. The van der Waals surface area contributed by atoms with E-state index in [4.69, 9.17) is 9.47 Å². The van der Waals surface area contributed by atoms with Gasteiger partial charge in [-0.2, -0.15) is 0 Å². The first-order valence-corrected chi connectivity index (χ1v) is 5.80. The first-order chi connectivity index (χ1) is 7.27. The zero-order valence-electron chi connectivity index (χ0n) is 8.93. The summed E-state index contributed by atoms with van der Waals surface area (Å²) in [6.07, 6.45) is 1.22. The molecule has 0 fully saturated rings. The van der Waals surface area contributed by atoms with Gasteiger partial charge in [0, 0.05) is 24.8 Å². The molecular formula is C10H15NO3S. The summed E-state index contributed by atoms with van der Waals surface area (Å²) >= 11 is 1.46. The fourth-order valence-electron chi connectivity index (χ4n) is 1.11. The molecule has 0 N–H and O–H groups in total. The van der Waals surface area contributed by atoms with Crippen LogP contribution in [0.4, 0.5) is 0 Å². The van der Waals surface area contributed by atoms with E-state index in [1.165, 1.54) is 11.3 Å². The number of ether oxygens (including phenoxy) is 2. The van der Waals surface area contributed by atoms with E-state index in [0.29, 0.717) is 13.2 Å². The van der Waals surface area contributed by atoms with Crippen LogP contribution in [0, 0.1) is 0 Å². The van der Waals surface area contributed by atoms with E-state index in [0.717, 1.165) is 5.01 Å². The zero-order chi connectivity index (χ0) is 11.1. The number of thiazole rings is 1. The molecule has 0 bridgehead atoms. The number of hydrogen-bond acceptors (Lipinski definition) is 5. The van der Waals surface area contributed by atoms with Crippen molar-refractivity contribution < 1.29 is 14.3 Å². The lowest BCUT2D eigenvalue weighted by atomic mass is 10.3. The summed E-state index contributed by atoms with van der Waals surface area (Å²) in [4.78, 5) is 15.8. The smallest absolute Gasteiger partial charge is 0.218 e. The number of carbonyl (C=O) groups is 1. The van der Waals surface area contributed by atoms with E-state index in [1.807, 2.05) is 19.2 Å². The summed E-state index contributed by atoms with van der Waals surface area (Å²) in [6.45, 7) is 4.61. The van der Waals surface area contributed by atoms with Crippen molar-refractivity contribution >= 4 is 17.1 Å². The van der Waals surface area contributed by atoms with Crippen LogP contribution in [-0.4, -0.2) is 30.3 Å². The van der Waals surface area contributed by atoms with Crippen molar-refractivity contribution in [1.29, 1.82) is 0 Å². The van der Waals surface area contributed by atoms with Crippen molar-refractivity contribution in [3.05, 3.63) is 16.6 Å². The van der Waals surface area contributed by atoms with Crippen molar-refractivity contribution in [2.45, 2.75) is 26.6 Å². The minimum atomic E-state index is -0.746. The second kappa shape index (κ2) is 6.66. The average molecular weight is 229 g/mol. The summed E-state index contributed by atoms with van der Waals surface area (Å²) in [5.41, 5.74) is 0. The minimum absolute atomic E-state index is 0.0753. The lowest BCUT2D eigenvalue weighted by molar-refractivity contribution is -0.167. The average Bonchev–Trinajstić information content (AvgIpc) is 2.70. The van der Waals surface area contributed by atoms with Gasteiger partial charge in [0.1, 0.15) is 5.01 Å². The summed E-state index contributed by atoms with van der Waals surface area (Å²) < 4.78 is 10.4. The highest BCUT2D eigenvalue weighted by atomic mass is 32.1. The van der Waals surface area contributed by atoms with Crippen LogP contribution in [0.3, 0.4) is 0 Å². The number of aromatic nitrogens is 1. The topological polar surface area (TPSA) is 48.4 Å². The molecule has 0 aromatic carbocycles. The van der Waals surface area contributed by atoms with E-state index in [2.05, 4.69) is 4.98 Å². The van der Waals surface area contributed by atoms with Crippen molar-refractivity contribution in [2.24, 2.45) is 0 Å². The highest BCUT2D eigenvalue weighted by Crippen LogP contribution is 2.08. The van der Waals surface area contributed by atoms with E-state index in [1.54, 1.807) is 6.20 Å². The first-order valence-electron chi connectivity index (χ1n) is 4.92. The molecule has 1 heterocycles. The van der Waals surface area contributed by atoms with Gasteiger partial charge in [0.05, 0.1) is 6.42 Å². The highest BCUT2D eigenvalue weighted by Gasteiger charge is 2.19. The van der Waals surface area contributed by atoms with Gasteiger partial charge in [-0.05, 0) is 13.8 Å². The minimum Gasteiger partial charge on any atom is -0.346 e. The predicted molar refractivity (Wildman–Crippen MR) is 57.9 cm³/mol. The molecule has 0 amide bonds. The van der Waals surface area contributed by atoms with Crippen LogP contribution < -0.4 is 0 Å². The molecule has 0 aliphatic carbocycles. The molecule has 0 aliphatic heterocycles. The maximum Gasteiger partial charge on any atom is 0.218 e. The monoisotopic (exact) mass is 229 g/mol. The Bertz CT molecular complexity index is 281. The standard InChI is InChI=1S/C10H15NO3S/c1-3-13-10(14-4-2)8(12)7-9-11-5-6-15-9/h5-6,10H,3-4,7H2,1-2H3. The molecule has 1 aromatic heterocycles. The summed E-state index contributed by atoms with van der Waals surface area (Å²) in [5.74, 6) is -0.0753.